The molecule has 0 spiro atoms. The summed E-state index contributed by atoms with van der Waals surface area (Å²) in [7, 11) is 0. The van der Waals surface area contributed by atoms with E-state index in [0.29, 0.717) is 17.8 Å². The Bertz CT molecular complexity index is 647. The lowest BCUT2D eigenvalue weighted by Gasteiger charge is -2.17. The summed E-state index contributed by atoms with van der Waals surface area (Å²) < 4.78 is 5.03. The van der Waals surface area contributed by atoms with E-state index >= 15 is 0 Å². The van der Waals surface area contributed by atoms with Gasteiger partial charge in [-0.25, -0.2) is 0 Å². The van der Waals surface area contributed by atoms with Gasteiger partial charge in [-0.3, -0.25) is 9.59 Å². The molecule has 1 aromatic carbocycles. The van der Waals surface area contributed by atoms with Gasteiger partial charge in [0.05, 0.1) is 6.26 Å². The number of hydrogen-bond acceptors (Lipinski definition) is 4. The van der Waals surface area contributed by atoms with Crippen LogP contribution in [0.2, 0.25) is 0 Å². The lowest BCUT2D eigenvalue weighted by Crippen LogP contribution is -2.34. The summed E-state index contributed by atoms with van der Waals surface area (Å²) in [5.74, 6) is -0.198. The number of furan rings is 1. The van der Waals surface area contributed by atoms with E-state index in [9.17, 15) is 9.59 Å². The van der Waals surface area contributed by atoms with Gasteiger partial charge in [0.2, 0.25) is 0 Å². The van der Waals surface area contributed by atoms with Crippen LogP contribution in [0.5, 0.6) is 0 Å². The van der Waals surface area contributed by atoms with Crippen molar-refractivity contribution in [2.45, 2.75) is 13.8 Å². The molecule has 2 rings (SSSR count). The van der Waals surface area contributed by atoms with Gasteiger partial charge in [0.25, 0.3) is 11.8 Å². The van der Waals surface area contributed by atoms with Gasteiger partial charge >= 0.3 is 0 Å². The molecule has 1 heterocycles. The Labute approximate surface area is 141 Å². The fourth-order valence-electron chi connectivity index (χ4n) is 2.27. The van der Waals surface area contributed by atoms with Crippen molar-refractivity contribution in [3.05, 3.63) is 54.0 Å². The van der Waals surface area contributed by atoms with Gasteiger partial charge in [0.15, 0.2) is 5.76 Å². The molecule has 1 aromatic heterocycles. The van der Waals surface area contributed by atoms with Crippen molar-refractivity contribution in [3.8, 4) is 0 Å². The van der Waals surface area contributed by atoms with Crippen LogP contribution in [-0.2, 0) is 0 Å². The molecule has 6 heteroatoms. The first kappa shape index (κ1) is 17.7. The second-order valence-corrected chi connectivity index (χ2v) is 5.29. The zero-order valence-corrected chi connectivity index (χ0v) is 14.0. The van der Waals surface area contributed by atoms with E-state index in [4.69, 9.17) is 4.42 Å². The highest BCUT2D eigenvalue weighted by Gasteiger charge is 2.10. The number of amides is 2. The van der Waals surface area contributed by atoms with E-state index < -0.39 is 0 Å². The summed E-state index contributed by atoms with van der Waals surface area (Å²) in [4.78, 5) is 26.2. The fraction of sp³-hybridized carbons (Fsp3) is 0.333. The van der Waals surface area contributed by atoms with E-state index in [-0.39, 0.29) is 17.6 Å². The van der Waals surface area contributed by atoms with Crippen LogP contribution >= 0.6 is 0 Å². The molecule has 2 N–H and O–H groups in total. The molecule has 128 valence electrons. The number of rotatable bonds is 8. The SMILES string of the molecule is CCN(CC)CCNC(=O)c1ccc(NC(=O)c2ccco2)cc1. The highest BCUT2D eigenvalue weighted by Crippen LogP contribution is 2.11. The molecule has 24 heavy (non-hydrogen) atoms. The minimum Gasteiger partial charge on any atom is -0.459 e. The first-order valence-corrected chi connectivity index (χ1v) is 8.09. The molecule has 0 bridgehead atoms. The summed E-state index contributed by atoms with van der Waals surface area (Å²) in [6, 6.07) is 10.0. The molecule has 0 aliphatic carbocycles. The average molecular weight is 329 g/mol. The third kappa shape index (κ3) is 4.96. The molecular formula is C18H23N3O3. The molecule has 0 fully saturated rings. The van der Waals surface area contributed by atoms with Crippen molar-refractivity contribution >= 4 is 17.5 Å². The first-order valence-electron chi connectivity index (χ1n) is 8.09. The van der Waals surface area contributed by atoms with Gasteiger partial charge in [-0.05, 0) is 49.5 Å². The van der Waals surface area contributed by atoms with Gasteiger partial charge in [-0.2, -0.15) is 0 Å². The highest BCUT2D eigenvalue weighted by molar-refractivity contribution is 6.02. The third-order valence-electron chi connectivity index (χ3n) is 3.76. The summed E-state index contributed by atoms with van der Waals surface area (Å²) in [5.41, 5.74) is 1.17. The van der Waals surface area contributed by atoms with Gasteiger partial charge in [0.1, 0.15) is 0 Å². The van der Waals surface area contributed by atoms with Crippen molar-refractivity contribution in [1.29, 1.82) is 0 Å². The molecule has 2 aromatic rings. The summed E-state index contributed by atoms with van der Waals surface area (Å²) in [5, 5.41) is 5.61. The van der Waals surface area contributed by atoms with Crippen LogP contribution < -0.4 is 10.6 Å². The minimum absolute atomic E-state index is 0.119. The summed E-state index contributed by atoms with van der Waals surface area (Å²) in [6.07, 6.45) is 1.44. The Kier molecular flexibility index (Phi) is 6.57. The zero-order chi connectivity index (χ0) is 17.4. The molecule has 6 nitrogen and oxygen atoms in total. The summed E-state index contributed by atoms with van der Waals surface area (Å²) in [6.45, 7) is 7.57. The monoisotopic (exact) mass is 329 g/mol. The third-order valence-corrected chi connectivity index (χ3v) is 3.76. The van der Waals surface area contributed by atoms with Crippen molar-refractivity contribution in [3.63, 3.8) is 0 Å². The van der Waals surface area contributed by atoms with E-state index in [1.165, 1.54) is 6.26 Å². The van der Waals surface area contributed by atoms with Crippen molar-refractivity contribution in [2.24, 2.45) is 0 Å². The lowest BCUT2D eigenvalue weighted by atomic mass is 10.2. The predicted molar refractivity (Wildman–Crippen MR) is 93.2 cm³/mol. The van der Waals surface area contributed by atoms with Crippen molar-refractivity contribution < 1.29 is 14.0 Å². The number of nitrogens with one attached hydrogen (secondary N) is 2. The zero-order valence-electron chi connectivity index (χ0n) is 14.0. The second kappa shape index (κ2) is 8.88. The van der Waals surface area contributed by atoms with Crippen LogP contribution in [0.4, 0.5) is 5.69 Å². The Morgan fingerprint density at radius 3 is 2.33 bits per heavy atom. The smallest absolute Gasteiger partial charge is 0.291 e. The number of hydrogen-bond donors (Lipinski definition) is 2. The molecule has 0 aliphatic rings. The lowest BCUT2D eigenvalue weighted by molar-refractivity contribution is 0.0948. The minimum atomic E-state index is -0.323. The number of anilines is 1. The Morgan fingerprint density at radius 1 is 1.04 bits per heavy atom. The number of nitrogens with zero attached hydrogens (tertiary/aromatic N) is 1. The maximum Gasteiger partial charge on any atom is 0.291 e. The predicted octanol–water partition coefficient (Wildman–Crippen LogP) is 2.60. The standard InChI is InChI=1S/C18H23N3O3/c1-3-21(4-2)12-11-19-17(22)14-7-9-15(10-8-14)20-18(23)16-6-5-13-24-16/h5-10,13H,3-4,11-12H2,1-2H3,(H,19,22)(H,20,23). The Morgan fingerprint density at radius 2 is 1.75 bits per heavy atom. The summed E-state index contributed by atoms with van der Waals surface area (Å²) >= 11 is 0. The largest absolute Gasteiger partial charge is 0.459 e. The molecule has 0 unspecified atom stereocenters. The quantitative estimate of drug-likeness (QED) is 0.781. The first-order chi connectivity index (χ1) is 11.6. The number of carbonyl (C=O) groups excluding carboxylic acids is 2. The van der Waals surface area contributed by atoms with Crippen molar-refractivity contribution in [2.75, 3.05) is 31.5 Å². The van der Waals surface area contributed by atoms with E-state index in [1.807, 2.05) is 0 Å². The van der Waals surface area contributed by atoms with Gasteiger partial charge < -0.3 is 20.0 Å². The van der Waals surface area contributed by atoms with Gasteiger partial charge in [-0.15, -0.1) is 0 Å². The average Bonchev–Trinajstić information content (AvgIpc) is 3.14. The van der Waals surface area contributed by atoms with Crippen LogP contribution in [0.15, 0.2) is 47.1 Å². The van der Waals surface area contributed by atoms with Crippen LogP contribution in [0.3, 0.4) is 0 Å². The molecule has 0 radical (unpaired) electrons. The molecular weight excluding hydrogens is 306 g/mol. The van der Waals surface area contributed by atoms with E-state index in [2.05, 4.69) is 29.4 Å². The highest BCUT2D eigenvalue weighted by atomic mass is 16.3. The molecule has 0 atom stereocenters. The maximum absolute atomic E-state index is 12.1. The number of carbonyl (C=O) groups is 2. The molecule has 0 aliphatic heterocycles. The number of likely N-dealkylation sites (N-methyl/N-ethyl adjacent to an activating group) is 1. The van der Waals surface area contributed by atoms with Crippen LogP contribution in [0.1, 0.15) is 34.8 Å². The Balaban J connectivity index is 1.84. The van der Waals surface area contributed by atoms with Gasteiger partial charge in [-0.1, -0.05) is 13.8 Å². The van der Waals surface area contributed by atoms with Crippen LogP contribution in [-0.4, -0.2) is 42.9 Å². The topological polar surface area (TPSA) is 74.6 Å². The maximum atomic E-state index is 12.1. The second-order valence-electron chi connectivity index (χ2n) is 5.29. The van der Waals surface area contributed by atoms with Crippen LogP contribution in [0, 0.1) is 0 Å². The van der Waals surface area contributed by atoms with Gasteiger partial charge in [0, 0.05) is 24.3 Å². The normalized spacial score (nSPS) is 10.6. The molecule has 2 amide bonds. The fourth-order valence-corrected chi connectivity index (χ4v) is 2.27. The molecule has 0 saturated carbocycles. The van der Waals surface area contributed by atoms with Crippen LogP contribution in [0.25, 0.3) is 0 Å². The Hall–Kier alpha value is -2.60. The number of benzene rings is 1. The van der Waals surface area contributed by atoms with E-state index in [0.717, 1.165) is 19.6 Å². The van der Waals surface area contributed by atoms with Crippen molar-refractivity contribution in [1.82, 2.24) is 10.2 Å². The van der Waals surface area contributed by atoms with E-state index in [1.54, 1.807) is 36.4 Å². The molecule has 0 saturated heterocycles.